The van der Waals surface area contributed by atoms with Crippen LogP contribution in [0.15, 0.2) is 18.3 Å². The Morgan fingerprint density at radius 3 is 2.89 bits per heavy atom. The molecule has 0 amide bonds. The van der Waals surface area contributed by atoms with Gasteiger partial charge in [0.15, 0.2) is 0 Å². The second-order valence-electron chi connectivity index (χ2n) is 5.85. The van der Waals surface area contributed by atoms with Crippen LogP contribution in [-0.4, -0.2) is 35.9 Å². The molecule has 2 saturated carbocycles. The SMILES string of the molecule is COc1ccc(N2CC3CC4CC3C2C4O)nc1. The molecule has 0 spiro atoms. The minimum absolute atomic E-state index is 0.155. The van der Waals surface area contributed by atoms with Crippen molar-refractivity contribution in [2.45, 2.75) is 25.0 Å². The molecule has 1 N–H and O–H groups in total. The molecule has 4 rings (SSSR count). The van der Waals surface area contributed by atoms with E-state index in [1.165, 1.54) is 12.8 Å². The highest BCUT2D eigenvalue weighted by Crippen LogP contribution is 2.55. The summed E-state index contributed by atoms with van der Waals surface area (Å²) in [7, 11) is 1.65. The number of aliphatic hydroxyl groups excluding tert-OH is 1. The smallest absolute Gasteiger partial charge is 0.137 e. The average Bonchev–Trinajstić information content (AvgIpc) is 3.00. The van der Waals surface area contributed by atoms with Gasteiger partial charge in [-0.1, -0.05) is 0 Å². The summed E-state index contributed by atoms with van der Waals surface area (Å²) in [6.45, 7) is 1.06. The molecule has 5 unspecified atom stereocenters. The van der Waals surface area contributed by atoms with E-state index in [0.717, 1.165) is 24.0 Å². The van der Waals surface area contributed by atoms with Crippen molar-refractivity contribution < 1.29 is 9.84 Å². The van der Waals surface area contributed by atoms with Gasteiger partial charge in [0.25, 0.3) is 0 Å². The Labute approximate surface area is 107 Å². The lowest BCUT2D eigenvalue weighted by atomic mass is 9.88. The molecule has 18 heavy (non-hydrogen) atoms. The van der Waals surface area contributed by atoms with Gasteiger partial charge >= 0.3 is 0 Å². The van der Waals surface area contributed by atoms with Crippen molar-refractivity contribution in [2.75, 3.05) is 18.6 Å². The van der Waals surface area contributed by atoms with Gasteiger partial charge in [-0.3, -0.25) is 0 Å². The Morgan fingerprint density at radius 1 is 1.33 bits per heavy atom. The number of methoxy groups -OCH3 is 1. The van der Waals surface area contributed by atoms with Gasteiger partial charge in [0.2, 0.25) is 0 Å². The minimum Gasteiger partial charge on any atom is -0.495 e. The summed E-state index contributed by atoms with van der Waals surface area (Å²) in [5.74, 6) is 3.76. The number of hydrogen-bond acceptors (Lipinski definition) is 4. The van der Waals surface area contributed by atoms with Crippen LogP contribution < -0.4 is 9.64 Å². The van der Waals surface area contributed by atoms with Crippen LogP contribution in [0.1, 0.15) is 12.8 Å². The van der Waals surface area contributed by atoms with E-state index in [0.29, 0.717) is 17.9 Å². The molecular formula is C14H18N2O2. The van der Waals surface area contributed by atoms with Crippen LogP contribution in [0.2, 0.25) is 0 Å². The lowest BCUT2D eigenvalue weighted by Gasteiger charge is -2.29. The van der Waals surface area contributed by atoms with E-state index < -0.39 is 0 Å². The van der Waals surface area contributed by atoms with Gasteiger partial charge < -0.3 is 14.7 Å². The number of aromatic nitrogens is 1. The zero-order chi connectivity index (χ0) is 12.3. The fraction of sp³-hybridized carbons (Fsp3) is 0.643. The summed E-state index contributed by atoms with van der Waals surface area (Å²) in [4.78, 5) is 6.78. The van der Waals surface area contributed by atoms with Gasteiger partial charge in [-0.25, -0.2) is 4.98 Å². The molecular weight excluding hydrogens is 228 g/mol. The summed E-state index contributed by atoms with van der Waals surface area (Å²) in [6, 6.07) is 4.25. The van der Waals surface area contributed by atoms with Gasteiger partial charge in [0, 0.05) is 6.54 Å². The number of hydrogen-bond donors (Lipinski definition) is 1. The first-order chi connectivity index (χ1) is 8.78. The van der Waals surface area contributed by atoms with E-state index in [9.17, 15) is 5.11 Å². The van der Waals surface area contributed by atoms with Crippen molar-refractivity contribution >= 4 is 5.82 Å². The second kappa shape index (κ2) is 3.60. The van der Waals surface area contributed by atoms with E-state index in [4.69, 9.17) is 4.74 Å². The quantitative estimate of drug-likeness (QED) is 0.854. The fourth-order valence-electron chi connectivity index (χ4n) is 4.34. The summed E-state index contributed by atoms with van der Waals surface area (Å²) in [6.07, 6.45) is 4.02. The summed E-state index contributed by atoms with van der Waals surface area (Å²) in [5, 5.41) is 10.3. The third-order valence-electron chi connectivity index (χ3n) is 5.10. The molecule has 4 heteroatoms. The highest BCUT2D eigenvalue weighted by molar-refractivity contribution is 5.46. The Kier molecular flexibility index (Phi) is 2.13. The lowest BCUT2D eigenvalue weighted by Crippen LogP contribution is -2.41. The zero-order valence-corrected chi connectivity index (χ0v) is 10.5. The third-order valence-corrected chi connectivity index (χ3v) is 5.10. The molecule has 1 aromatic rings. The normalized spacial score (nSPS) is 40.6. The van der Waals surface area contributed by atoms with Crippen LogP contribution in [0, 0.1) is 17.8 Å². The fourth-order valence-corrected chi connectivity index (χ4v) is 4.34. The summed E-state index contributed by atoms with van der Waals surface area (Å²) >= 11 is 0. The van der Waals surface area contributed by atoms with Crippen molar-refractivity contribution in [1.29, 1.82) is 0 Å². The number of pyridine rings is 1. The molecule has 0 radical (unpaired) electrons. The monoisotopic (exact) mass is 246 g/mol. The van der Waals surface area contributed by atoms with Gasteiger partial charge in [-0.15, -0.1) is 0 Å². The van der Waals surface area contributed by atoms with Crippen LogP contribution in [0.3, 0.4) is 0 Å². The Balaban J connectivity index is 1.65. The molecule has 1 saturated heterocycles. The molecule has 5 atom stereocenters. The average molecular weight is 246 g/mol. The van der Waals surface area contributed by atoms with Crippen LogP contribution in [-0.2, 0) is 0 Å². The number of fused-ring (bicyclic) bond motifs is 1. The van der Waals surface area contributed by atoms with Crippen LogP contribution in [0.25, 0.3) is 0 Å². The number of rotatable bonds is 2. The first kappa shape index (κ1) is 10.6. The van der Waals surface area contributed by atoms with Gasteiger partial charge in [-0.05, 0) is 42.7 Å². The van der Waals surface area contributed by atoms with Crippen LogP contribution in [0.4, 0.5) is 5.82 Å². The molecule has 1 aliphatic heterocycles. The molecule has 1 aromatic heterocycles. The van der Waals surface area contributed by atoms with Gasteiger partial charge in [0.05, 0.1) is 25.5 Å². The Hall–Kier alpha value is -1.29. The Morgan fingerprint density at radius 2 is 2.22 bits per heavy atom. The highest BCUT2D eigenvalue weighted by Gasteiger charge is 2.59. The minimum atomic E-state index is -0.155. The van der Waals surface area contributed by atoms with Crippen molar-refractivity contribution in [3.8, 4) is 5.75 Å². The van der Waals surface area contributed by atoms with E-state index in [1.54, 1.807) is 13.3 Å². The molecule has 2 bridgehead atoms. The van der Waals surface area contributed by atoms with E-state index in [-0.39, 0.29) is 6.10 Å². The first-order valence-electron chi connectivity index (χ1n) is 6.72. The summed E-state index contributed by atoms with van der Waals surface area (Å²) in [5.41, 5.74) is 0. The molecule has 4 nitrogen and oxygen atoms in total. The summed E-state index contributed by atoms with van der Waals surface area (Å²) < 4.78 is 5.14. The molecule has 2 aliphatic carbocycles. The van der Waals surface area contributed by atoms with Gasteiger partial charge in [0.1, 0.15) is 11.6 Å². The molecule has 3 fully saturated rings. The zero-order valence-electron chi connectivity index (χ0n) is 10.5. The predicted molar refractivity (Wildman–Crippen MR) is 67.6 cm³/mol. The predicted octanol–water partition coefficient (Wildman–Crippen LogP) is 1.30. The number of aliphatic hydroxyl groups is 1. The maximum Gasteiger partial charge on any atom is 0.137 e. The maximum atomic E-state index is 10.3. The largest absolute Gasteiger partial charge is 0.495 e. The van der Waals surface area contributed by atoms with Crippen LogP contribution >= 0.6 is 0 Å². The van der Waals surface area contributed by atoms with Crippen molar-refractivity contribution in [1.82, 2.24) is 4.98 Å². The standard InChI is InChI=1S/C14H18N2O2/c1-18-10-2-3-12(15-6-10)16-7-9-4-8-5-11(9)13(16)14(8)17/h2-3,6,8-9,11,13-14,17H,4-5,7H2,1H3. The Bertz CT molecular complexity index is 459. The van der Waals surface area contributed by atoms with E-state index >= 15 is 0 Å². The van der Waals surface area contributed by atoms with E-state index in [1.807, 2.05) is 12.1 Å². The van der Waals surface area contributed by atoms with Crippen molar-refractivity contribution in [3.63, 3.8) is 0 Å². The van der Waals surface area contributed by atoms with Crippen LogP contribution in [0.5, 0.6) is 5.75 Å². The number of anilines is 1. The first-order valence-corrected chi connectivity index (χ1v) is 6.72. The number of nitrogens with zero attached hydrogens (tertiary/aromatic N) is 2. The highest BCUT2D eigenvalue weighted by atomic mass is 16.5. The lowest BCUT2D eigenvalue weighted by molar-refractivity contribution is 0.0965. The molecule has 2 heterocycles. The maximum absolute atomic E-state index is 10.3. The van der Waals surface area contributed by atoms with Crippen molar-refractivity contribution in [2.24, 2.45) is 17.8 Å². The third kappa shape index (κ3) is 1.27. The molecule has 96 valence electrons. The topological polar surface area (TPSA) is 45.6 Å². The molecule has 0 aromatic carbocycles. The van der Waals surface area contributed by atoms with Crippen molar-refractivity contribution in [3.05, 3.63) is 18.3 Å². The number of ether oxygens (including phenoxy) is 1. The van der Waals surface area contributed by atoms with E-state index in [2.05, 4.69) is 9.88 Å². The second-order valence-corrected chi connectivity index (χ2v) is 5.85. The molecule has 3 aliphatic rings. The van der Waals surface area contributed by atoms with Gasteiger partial charge in [-0.2, -0.15) is 0 Å².